The monoisotopic (exact) mass is 402 g/mol. The minimum Gasteiger partial charge on any atom is -0.497 e. The van der Waals surface area contributed by atoms with E-state index >= 15 is 0 Å². The first-order valence-electron chi connectivity index (χ1n) is 10.7. The number of ether oxygens (including phenoxy) is 1. The lowest BCUT2D eigenvalue weighted by molar-refractivity contribution is -0.120. The first-order chi connectivity index (χ1) is 14.6. The highest BCUT2D eigenvalue weighted by molar-refractivity contribution is 5.92. The van der Waals surface area contributed by atoms with Gasteiger partial charge < -0.3 is 10.1 Å². The Morgan fingerprint density at radius 1 is 0.967 bits per heavy atom. The quantitative estimate of drug-likeness (QED) is 0.440. The SMILES string of the molecule is CCCCC(CC)C(=O)Nc1ccc(-c2cccc(-c3cccc(OC)c3)n2)cc1. The van der Waals surface area contributed by atoms with Crippen molar-refractivity contribution in [3.05, 3.63) is 66.7 Å². The van der Waals surface area contributed by atoms with Gasteiger partial charge in [0.05, 0.1) is 18.5 Å². The fraction of sp³-hybridized carbons (Fsp3) is 0.308. The van der Waals surface area contributed by atoms with Crippen LogP contribution in [0, 0.1) is 5.92 Å². The molecule has 4 heteroatoms. The van der Waals surface area contributed by atoms with Crippen LogP contribution in [0.3, 0.4) is 0 Å². The number of aromatic nitrogens is 1. The van der Waals surface area contributed by atoms with Crippen molar-refractivity contribution < 1.29 is 9.53 Å². The Bertz CT molecular complexity index is 967. The van der Waals surface area contributed by atoms with Crippen molar-refractivity contribution >= 4 is 11.6 Å². The van der Waals surface area contributed by atoms with Gasteiger partial charge in [-0.1, -0.05) is 57.0 Å². The van der Waals surface area contributed by atoms with Crippen LogP contribution < -0.4 is 10.1 Å². The van der Waals surface area contributed by atoms with Gasteiger partial charge in [-0.05, 0) is 49.2 Å². The van der Waals surface area contributed by atoms with Crippen molar-refractivity contribution in [3.8, 4) is 28.3 Å². The van der Waals surface area contributed by atoms with Crippen molar-refractivity contribution in [2.24, 2.45) is 5.92 Å². The lowest BCUT2D eigenvalue weighted by Crippen LogP contribution is -2.22. The van der Waals surface area contributed by atoms with E-state index in [0.29, 0.717) is 0 Å². The van der Waals surface area contributed by atoms with Gasteiger partial charge in [0.25, 0.3) is 0 Å². The standard InChI is InChI=1S/C26H30N2O2/c1-4-6-9-19(5-2)26(29)27-22-16-14-20(15-17-22)24-12-8-13-25(28-24)21-10-7-11-23(18-21)30-3/h7-8,10-19H,4-6,9H2,1-3H3,(H,27,29). The Balaban J connectivity index is 1.74. The maximum atomic E-state index is 12.5. The second kappa shape index (κ2) is 10.6. The molecular weight excluding hydrogens is 372 g/mol. The van der Waals surface area contributed by atoms with Crippen molar-refractivity contribution in [3.63, 3.8) is 0 Å². The van der Waals surface area contributed by atoms with Crippen LogP contribution >= 0.6 is 0 Å². The van der Waals surface area contributed by atoms with Gasteiger partial charge in [0, 0.05) is 22.7 Å². The number of nitrogens with zero attached hydrogens (tertiary/aromatic N) is 1. The molecule has 0 aliphatic rings. The minimum absolute atomic E-state index is 0.0749. The highest BCUT2D eigenvalue weighted by atomic mass is 16.5. The Hall–Kier alpha value is -3.14. The summed E-state index contributed by atoms with van der Waals surface area (Å²) in [5, 5.41) is 3.06. The zero-order valence-electron chi connectivity index (χ0n) is 18.0. The number of rotatable bonds is 9. The molecule has 0 aliphatic heterocycles. The van der Waals surface area contributed by atoms with Crippen LogP contribution in [-0.4, -0.2) is 18.0 Å². The summed E-state index contributed by atoms with van der Waals surface area (Å²) in [7, 11) is 1.66. The highest BCUT2D eigenvalue weighted by Crippen LogP contribution is 2.26. The average Bonchev–Trinajstić information content (AvgIpc) is 2.80. The topological polar surface area (TPSA) is 51.2 Å². The maximum Gasteiger partial charge on any atom is 0.227 e. The molecule has 0 aliphatic carbocycles. The predicted molar refractivity (Wildman–Crippen MR) is 124 cm³/mol. The highest BCUT2D eigenvalue weighted by Gasteiger charge is 2.16. The van der Waals surface area contributed by atoms with Crippen molar-refractivity contribution in [1.82, 2.24) is 4.98 Å². The zero-order valence-corrected chi connectivity index (χ0v) is 18.0. The molecule has 0 radical (unpaired) electrons. The third-order valence-electron chi connectivity index (χ3n) is 5.33. The summed E-state index contributed by atoms with van der Waals surface area (Å²) in [4.78, 5) is 17.3. The van der Waals surface area contributed by atoms with E-state index in [9.17, 15) is 4.79 Å². The summed E-state index contributed by atoms with van der Waals surface area (Å²) in [6.07, 6.45) is 4.00. The van der Waals surface area contributed by atoms with E-state index in [-0.39, 0.29) is 11.8 Å². The van der Waals surface area contributed by atoms with Gasteiger partial charge in [-0.2, -0.15) is 0 Å². The Labute approximate surface area is 179 Å². The maximum absolute atomic E-state index is 12.5. The number of anilines is 1. The van der Waals surface area contributed by atoms with Crippen molar-refractivity contribution in [1.29, 1.82) is 0 Å². The van der Waals surface area contributed by atoms with Crippen LogP contribution in [-0.2, 0) is 4.79 Å². The summed E-state index contributed by atoms with van der Waals surface area (Å²) < 4.78 is 5.32. The Kier molecular flexibility index (Phi) is 7.61. The molecule has 3 aromatic rings. The number of hydrogen-bond acceptors (Lipinski definition) is 3. The lowest BCUT2D eigenvalue weighted by Gasteiger charge is -2.15. The van der Waals surface area contributed by atoms with E-state index in [0.717, 1.165) is 59.6 Å². The largest absolute Gasteiger partial charge is 0.497 e. The van der Waals surface area contributed by atoms with Crippen molar-refractivity contribution in [2.75, 3.05) is 12.4 Å². The number of benzene rings is 2. The van der Waals surface area contributed by atoms with Gasteiger partial charge in [-0.25, -0.2) is 4.98 Å². The van der Waals surface area contributed by atoms with E-state index in [1.807, 2.05) is 66.7 Å². The molecule has 0 saturated heterocycles. The molecule has 1 unspecified atom stereocenters. The number of pyridine rings is 1. The summed E-state index contributed by atoms with van der Waals surface area (Å²) in [6.45, 7) is 4.23. The van der Waals surface area contributed by atoms with Gasteiger partial charge in [-0.3, -0.25) is 4.79 Å². The van der Waals surface area contributed by atoms with E-state index in [1.54, 1.807) is 7.11 Å². The third kappa shape index (κ3) is 5.47. The molecule has 1 aromatic heterocycles. The minimum atomic E-state index is 0.0749. The summed E-state index contributed by atoms with van der Waals surface area (Å²) >= 11 is 0. The van der Waals surface area contributed by atoms with Crippen LogP contribution in [0.4, 0.5) is 5.69 Å². The molecular formula is C26H30N2O2. The molecule has 30 heavy (non-hydrogen) atoms. The van der Waals surface area contributed by atoms with E-state index in [2.05, 4.69) is 19.2 Å². The Morgan fingerprint density at radius 3 is 2.33 bits per heavy atom. The van der Waals surface area contributed by atoms with Gasteiger partial charge in [-0.15, -0.1) is 0 Å². The van der Waals surface area contributed by atoms with Crippen LogP contribution in [0.5, 0.6) is 5.75 Å². The molecule has 1 amide bonds. The molecule has 0 fully saturated rings. The van der Waals surface area contributed by atoms with Crippen LogP contribution in [0.2, 0.25) is 0 Å². The molecule has 4 nitrogen and oxygen atoms in total. The van der Waals surface area contributed by atoms with Gasteiger partial charge in [0.15, 0.2) is 0 Å². The van der Waals surface area contributed by atoms with Gasteiger partial charge >= 0.3 is 0 Å². The molecule has 3 rings (SSSR count). The fourth-order valence-electron chi connectivity index (χ4n) is 3.48. The second-order valence-electron chi connectivity index (χ2n) is 7.45. The van der Waals surface area contributed by atoms with Crippen LogP contribution in [0.25, 0.3) is 22.5 Å². The smallest absolute Gasteiger partial charge is 0.227 e. The average molecular weight is 403 g/mol. The van der Waals surface area contributed by atoms with Crippen LogP contribution in [0.15, 0.2) is 66.7 Å². The van der Waals surface area contributed by atoms with E-state index in [4.69, 9.17) is 9.72 Å². The molecule has 0 spiro atoms. The number of hydrogen-bond donors (Lipinski definition) is 1. The number of carbonyl (C=O) groups excluding carboxylic acids is 1. The van der Waals surface area contributed by atoms with Gasteiger partial charge in [0.1, 0.15) is 5.75 Å². The van der Waals surface area contributed by atoms with Gasteiger partial charge in [0.2, 0.25) is 5.91 Å². The molecule has 0 bridgehead atoms. The normalized spacial score (nSPS) is 11.7. The zero-order chi connectivity index (χ0) is 21.3. The number of amides is 1. The summed E-state index contributed by atoms with van der Waals surface area (Å²) in [5.41, 5.74) is 4.63. The number of nitrogens with one attached hydrogen (secondary N) is 1. The molecule has 1 N–H and O–H groups in total. The summed E-state index contributed by atoms with van der Waals surface area (Å²) in [6, 6.07) is 21.8. The van der Waals surface area contributed by atoms with Crippen LogP contribution in [0.1, 0.15) is 39.5 Å². The van der Waals surface area contributed by atoms with E-state index in [1.165, 1.54) is 0 Å². The molecule has 156 valence electrons. The Morgan fingerprint density at radius 2 is 1.67 bits per heavy atom. The predicted octanol–water partition coefficient (Wildman–Crippen LogP) is 6.58. The second-order valence-corrected chi connectivity index (χ2v) is 7.45. The molecule has 0 saturated carbocycles. The fourth-order valence-corrected chi connectivity index (χ4v) is 3.48. The first kappa shape index (κ1) is 21.6. The molecule has 1 atom stereocenters. The number of carbonyl (C=O) groups is 1. The first-order valence-corrected chi connectivity index (χ1v) is 10.7. The number of unbranched alkanes of at least 4 members (excludes halogenated alkanes) is 1. The molecule has 1 heterocycles. The summed E-state index contributed by atoms with van der Waals surface area (Å²) in [5.74, 6) is 0.992. The number of methoxy groups -OCH3 is 1. The van der Waals surface area contributed by atoms with E-state index < -0.39 is 0 Å². The lowest BCUT2D eigenvalue weighted by atomic mass is 9.98. The molecule has 2 aromatic carbocycles. The van der Waals surface area contributed by atoms with Crippen molar-refractivity contribution in [2.45, 2.75) is 39.5 Å². The third-order valence-corrected chi connectivity index (χ3v) is 5.33.